The van der Waals surface area contributed by atoms with E-state index in [-0.39, 0.29) is 25.0 Å². The fraction of sp³-hybridized carbons (Fsp3) is 0.471. The molecule has 2 amide bonds. The molecule has 0 bridgehead atoms. The first kappa shape index (κ1) is 16.8. The summed E-state index contributed by atoms with van der Waals surface area (Å²) in [6.45, 7) is 0.839. The number of carbonyl (C=O) groups excluding carboxylic acids is 1. The summed E-state index contributed by atoms with van der Waals surface area (Å²) in [7, 11) is 0. The van der Waals surface area contributed by atoms with Crippen LogP contribution in [0.1, 0.15) is 12.8 Å². The van der Waals surface area contributed by atoms with Gasteiger partial charge in [0, 0.05) is 37.0 Å². The Morgan fingerprint density at radius 2 is 1.83 bits per heavy atom. The number of aliphatic hydroxyl groups is 1. The van der Waals surface area contributed by atoms with Gasteiger partial charge in [0.2, 0.25) is 0 Å². The van der Waals surface area contributed by atoms with Crippen LogP contribution in [0.5, 0.6) is 0 Å². The lowest BCUT2D eigenvalue weighted by atomic mass is 9.98. The quantitative estimate of drug-likeness (QED) is 0.857. The number of hydrogen-bond donors (Lipinski definition) is 1. The first-order valence-corrected chi connectivity index (χ1v) is 7.93. The minimum Gasteiger partial charge on any atom is -0.396 e. The maximum absolute atomic E-state index is 12.9. The van der Waals surface area contributed by atoms with E-state index < -0.39 is 12.1 Å². The number of alkyl halides is 3. The van der Waals surface area contributed by atoms with Crippen LogP contribution < -0.4 is 0 Å². The van der Waals surface area contributed by atoms with Gasteiger partial charge in [-0.3, -0.25) is 9.80 Å². The zero-order valence-electron chi connectivity index (χ0n) is 13.0. The highest BCUT2D eigenvalue weighted by Gasteiger charge is 2.40. The second-order valence-corrected chi connectivity index (χ2v) is 6.13. The van der Waals surface area contributed by atoms with Crippen molar-refractivity contribution in [3.63, 3.8) is 0 Å². The third kappa shape index (κ3) is 3.26. The monoisotopic (exact) mass is 340 g/mol. The summed E-state index contributed by atoms with van der Waals surface area (Å²) in [4.78, 5) is 15.5. The number of nitrogens with zero attached hydrogens (tertiary/aromatic N) is 2. The van der Waals surface area contributed by atoms with Crippen LogP contribution in [0.25, 0.3) is 0 Å². The van der Waals surface area contributed by atoms with Crippen LogP contribution in [0.3, 0.4) is 0 Å². The average molecular weight is 340 g/mol. The summed E-state index contributed by atoms with van der Waals surface area (Å²) in [5.74, 6) is -1.49. The van der Waals surface area contributed by atoms with Crippen LogP contribution in [0.4, 0.5) is 18.0 Å². The molecule has 1 aliphatic heterocycles. The molecule has 4 nitrogen and oxygen atoms in total. The summed E-state index contributed by atoms with van der Waals surface area (Å²) in [6, 6.07) is -0.313. The van der Waals surface area contributed by atoms with Crippen molar-refractivity contribution in [1.82, 2.24) is 9.80 Å². The lowest BCUT2D eigenvalue weighted by molar-refractivity contribution is -0.160. The van der Waals surface area contributed by atoms with Gasteiger partial charge in [-0.1, -0.05) is 18.2 Å². The molecule has 3 rings (SSSR count). The molecule has 0 aromatic heterocycles. The normalized spacial score (nSPS) is 27.6. The standard InChI is InChI=1S/C17H19F3N2O2/c18-17(19,20)13-2-1-3-15(10-13)22-9-8-21(16(22)24)14-6-4-12(11-23)5-7-14/h1,3-4,6-7,10,12-13,23H,2,5,8-9,11H2. The van der Waals surface area contributed by atoms with Gasteiger partial charge in [0.25, 0.3) is 0 Å². The van der Waals surface area contributed by atoms with Gasteiger partial charge in [-0.2, -0.15) is 13.2 Å². The van der Waals surface area contributed by atoms with Crippen molar-refractivity contribution in [2.75, 3.05) is 19.7 Å². The fourth-order valence-corrected chi connectivity index (χ4v) is 3.08. The van der Waals surface area contributed by atoms with Crippen molar-refractivity contribution < 1.29 is 23.1 Å². The van der Waals surface area contributed by atoms with Gasteiger partial charge in [-0.05, 0) is 31.1 Å². The van der Waals surface area contributed by atoms with E-state index in [2.05, 4.69) is 0 Å². The Hall–Kier alpha value is -2.02. The molecule has 24 heavy (non-hydrogen) atoms. The Kier molecular flexibility index (Phi) is 4.54. The number of hydrogen-bond acceptors (Lipinski definition) is 2. The molecule has 1 fully saturated rings. The number of amides is 2. The molecule has 0 aromatic carbocycles. The molecule has 0 spiro atoms. The molecule has 0 aromatic rings. The second-order valence-electron chi connectivity index (χ2n) is 6.13. The minimum atomic E-state index is -4.30. The van der Waals surface area contributed by atoms with Gasteiger partial charge < -0.3 is 5.11 Å². The summed E-state index contributed by atoms with van der Waals surface area (Å²) in [5, 5.41) is 9.12. The average Bonchev–Trinajstić information content (AvgIpc) is 2.96. The molecular weight excluding hydrogens is 321 g/mol. The lowest BCUT2D eigenvalue weighted by Crippen LogP contribution is -2.32. The van der Waals surface area contributed by atoms with E-state index in [9.17, 15) is 18.0 Å². The van der Waals surface area contributed by atoms with Crippen molar-refractivity contribution >= 4 is 6.03 Å². The van der Waals surface area contributed by atoms with Crippen LogP contribution >= 0.6 is 0 Å². The molecular formula is C17H19F3N2O2. The molecule has 1 heterocycles. The molecule has 3 aliphatic rings. The van der Waals surface area contributed by atoms with E-state index in [0.717, 1.165) is 11.8 Å². The highest BCUT2D eigenvalue weighted by molar-refractivity contribution is 5.81. The predicted molar refractivity (Wildman–Crippen MR) is 82.6 cm³/mol. The van der Waals surface area contributed by atoms with Gasteiger partial charge in [0.05, 0.1) is 5.92 Å². The number of allylic oxidation sites excluding steroid dienone is 5. The molecule has 130 valence electrons. The Morgan fingerprint density at radius 3 is 2.42 bits per heavy atom. The van der Waals surface area contributed by atoms with E-state index >= 15 is 0 Å². The number of urea groups is 1. The number of aliphatic hydroxyl groups excluding tert-OH is 1. The van der Waals surface area contributed by atoms with E-state index in [1.165, 1.54) is 11.0 Å². The van der Waals surface area contributed by atoms with E-state index in [1.54, 1.807) is 17.1 Å². The summed E-state index contributed by atoms with van der Waals surface area (Å²) >= 11 is 0. The van der Waals surface area contributed by atoms with Crippen LogP contribution in [0, 0.1) is 11.8 Å². The predicted octanol–water partition coefficient (Wildman–Crippen LogP) is 3.20. The molecule has 0 saturated carbocycles. The molecule has 7 heteroatoms. The SMILES string of the molecule is O=C1N(C2=CCC(CO)C=C2)CCN1C1=CC(C(F)(F)F)CC=C1. The largest absolute Gasteiger partial charge is 0.396 e. The second kappa shape index (κ2) is 6.47. The zero-order chi connectivity index (χ0) is 17.3. The topological polar surface area (TPSA) is 43.8 Å². The lowest BCUT2D eigenvalue weighted by Gasteiger charge is -2.25. The summed E-state index contributed by atoms with van der Waals surface area (Å²) in [6.07, 6.45) is 5.96. The van der Waals surface area contributed by atoms with Crippen molar-refractivity contribution in [3.8, 4) is 0 Å². The zero-order valence-corrected chi connectivity index (χ0v) is 13.0. The van der Waals surface area contributed by atoms with Gasteiger partial charge in [-0.25, -0.2) is 4.79 Å². The molecule has 2 aliphatic carbocycles. The maximum Gasteiger partial charge on any atom is 0.395 e. The summed E-state index contributed by atoms with van der Waals surface area (Å²) < 4.78 is 38.7. The van der Waals surface area contributed by atoms with Gasteiger partial charge in [0.1, 0.15) is 0 Å². The van der Waals surface area contributed by atoms with Crippen molar-refractivity contribution in [2.45, 2.75) is 19.0 Å². The third-order valence-corrected chi connectivity index (χ3v) is 4.51. The number of rotatable bonds is 3. The Morgan fingerprint density at radius 1 is 1.12 bits per heavy atom. The molecule has 1 saturated heterocycles. The maximum atomic E-state index is 12.9. The number of halogens is 3. The van der Waals surface area contributed by atoms with Crippen molar-refractivity contribution in [3.05, 3.63) is 47.9 Å². The Balaban J connectivity index is 1.73. The summed E-state index contributed by atoms with van der Waals surface area (Å²) in [5.41, 5.74) is 1.05. The highest BCUT2D eigenvalue weighted by atomic mass is 19.4. The van der Waals surface area contributed by atoms with E-state index in [1.807, 2.05) is 12.2 Å². The molecule has 1 N–H and O–H groups in total. The first-order valence-electron chi connectivity index (χ1n) is 7.93. The van der Waals surface area contributed by atoms with Crippen molar-refractivity contribution in [1.29, 1.82) is 0 Å². The minimum absolute atomic E-state index is 0.0524. The van der Waals surface area contributed by atoms with E-state index in [4.69, 9.17) is 5.11 Å². The smallest absolute Gasteiger partial charge is 0.395 e. The fourth-order valence-electron chi connectivity index (χ4n) is 3.08. The number of carbonyl (C=O) groups is 1. The van der Waals surface area contributed by atoms with Gasteiger partial charge >= 0.3 is 12.2 Å². The molecule has 2 unspecified atom stereocenters. The van der Waals surface area contributed by atoms with Gasteiger partial charge in [0.15, 0.2) is 0 Å². The Bertz CT molecular complexity index is 634. The highest BCUT2D eigenvalue weighted by Crippen LogP contribution is 2.35. The third-order valence-electron chi connectivity index (χ3n) is 4.51. The van der Waals surface area contributed by atoms with Crippen LogP contribution in [-0.2, 0) is 0 Å². The molecule has 2 atom stereocenters. The van der Waals surface area contributed by atoms with Crippen LogP contribution in [-0.4, -0.2) is 46.8 Å². The van der Waals surface area contributed by atoms with Crippen molar-refractivity contribution in [2.24, 2.45) is 11.8 Å². The Labute approximate surface area is 138 Å². The molecule has 0 radical (unpaired) electrons. The van der Waals surface area contributed by atoms with Crippen LogP contribution in [0.2, 0.25) is 0 Å². The van der Waals surface area contributed by atoms with Gasteiger partial charge in [-0.15, -0.1) is 0 Å². The van der Waals surface area contributed by atoms with E-state index in [0.29, 0.717) is 25.2 Å². The first-order chi connectivity index (χ1) is 11.4. The van der Waals surface area contributed by atoms with Crippen LogP contribution in [0.15, 0.2) is 47.9 Å².